The molecule has 0 saturated carbocycles. The summed E-state index contributed by atoms with van der Waals surface area (Å²) in [4.78, 5) is 12.1. The zero-order chi connectivity index (χ0) is 19.2. The summed E-state index contributed by atoms with van der Waals surface area (Å²) in [5.41, 5.74) is -5.27. The maximum absolute atomic E-state index is 12.8. The molecule has 11 heteroatoms. The average molecular weight is 381 g/mol. The van der Waals surface area contributed by atoms with E-state index in [-0.39, 0.29) is 11.9 Å². The van der Waals surface area contributed by atoms with Crippen molar-refractivity contribution < 1.29 is 39.9 Å². The average Bonchev–Trinajstić information content (AvgIpc) is 2.83. The van der Waals surface area contributed by atoms with E-state index in [9.17, 15) is 26.4 Å². The van der Waals surface area contributed by atoms with Crippen LogP contribution in [0.3, 0.4) is 0 Å². The Morgan fingerprint density at radius 3 is 2.44 bits per heavy atom. The van der Waals surface area contributed by atoms with Gasteiger partial charge in [-0.05, 0) is 25.5 Å². The van der Waals surface area contributed by atoms with Gasteiger partial charge in [0.2, 0.25) is 5.75 Å². The highest BCUT2D eigenvalue weighted by molar-refractivity contribution is 7.88. The van der Waals surface area contributed by atoms with E-state index in [1.165, 1.54) is 4.57 Å². The van der Waals surface area contributed by atoms with Gasteiger partial charge in [0.1, 0.15) is 5.39 Å². The number of hydrogen-bond acceptors (Lipinski definition) is 5. The third-order valence-electron chi connectivity index (χ3n) is 3.64. The normalized spacial score (nSPS) is 12.4. The van der Waals surface area contributed by atoms with Crippen LogP contribution in [0.2, 0.25) is 0 Å². The Labute approximate surface area is 141 Å². The number of alkyl halides is 3. The van der Waals surface area contributed by atoms with Gasteiger partial charge in [0.25, 0.3) is 11.3 Å². The first-order valence-corrected chi connectivity index (χ1v) is 8.47. The maximum atomic E-state index is 12.8. The molecule has 0 bridgehead atoms. The van der Waals surface area contributed by atoms with Gasteiger partial charge >= 0.3 is 21.6 Å². The first-order valence-electron chi connectivity index (χ1n) is 7.06. The molecule has 0 N–H and O–H groups in total. The Hall–Kier alpha value is -2.30. The SMILES string of the molecule is CCn1c(C(=O)OC)c(OS(=O)(=O)C(F)(F)F)c2c(C)cc[n+](C)c21. The molecule has 2 rings (SSSR count). The lowest BCUT2D eigenvalue weighted by Gasteiger charge is -2.09. The molecule has 0 saturated heterocycles. The lowest BCUT2D eigenvalue weighted by molar-refractivity contribution is -0.647. The Bertz CT molecular complexity index is 948. The van der Waals surface area contributed by atoms with E-state index in [1.807, 2.05) is 0 Å². The zero-order valence-electron chi connectivity index (χ0n) is 13.8. The molecule has 0 atom stereocenters. The highest BCUT2D eigenvalue weighted by Crippen LogP contribution is 2.37. The monoisotopic (exact) mass is 381 g/mol. The lowest BCUT2D eigenvalue weighted by atomic mass is 10.2. The Morgan fingerprint density at radius 2 is 1.96 bits per heavy atom. The van der Waals surface area contributed by atoms with Gasteiger partial charge in [0.05, 0.1) is 26.9 Å². The topological polar surface area (TPSA) is 78.5 Å². The molecule has 0 spiro atoms. The first-order chi connectivity index (χ1) is 11.5. The summed E-state index contributed by atoms with van der Waals surface area (Å²) in [7, 11) is -3.32. The van der Waals surface area contributed by atoms with Crippen LogP contribution >= 0.6 is 0 Å². The van der Waals surface area contributed by atoms with Crippen molar-refractivity contribution in [1.29, 1.82) is 0 Å². The van der Waals surface area contributed by atoms with E-state index >= 15 is 0 Å². The summed E-state index contributed by atoms with van der Waals surface area (Å²) in [6, 6.07) is 1.57. The largest absolute Gasteiger partial charge is 0.534 e. The molecule has 2 heterocycles. The van der Waals surface area contributed by atoms with Crippen LogP contribution in [0, 0.1) is 6.92 Å². The van der Waals surface area contributed by atoms with Gasteiger partial charge in [0.15, 0.2) is 0 Å². The van der Waals surface area contributed by atoms with Crippen molar-refractivity contribution in [1.82, 2.24) is 4.57 Å². The Kier molecular flexibility index (Phi) is 4.73. The summed E-state index contributed by atoms with van der Waals surface area (Å²) < 4.78 is 73.2. The number of hydrogen-bond donors (Lipinski definition) is 0. The highest BCUT2D eigenvalue weighted by Gasteiger charge is 2.50. The van der Waals surface area contributed by atoms with Crippen molar-refractivity contribution in [2.45, 2.75) is 25.9 Å². The molecule has 0 fully saturated rings. The van der Waals surface area contributed by atoms with Gasteiger partial charge < -0.3 is 8.92 Å². The third kappa shape index (κ3) is 3.03. The molecule has 25 heavy (non-hydrogen) atoms. The summed E-state index contributed by atoms with van der Waals surface area (Å²) in [6.07, 6.45) is 1.63. The van der Waals surface area contributed by atoms with Crippen LogP contribution in [-0.2, 0) is 28.4 Å². The molecular formula is C14H16F3N2O5S+. The van der Waals surface area contributed by atoms with Gasteiger partial charge in [-0.1, -0.05) is 0 Å². The number of pyridine rings is 1. The molecular weight excluding hydrogens is 365 g/mol. The van der Waals surface area contributed by atoms with Crippen LogP contribution in [-0.4, -0.2) is 31.6 Å². The standard InChI is InChI=1S/C14H16F3N2O5S/c1-5-19-10(13(20)23-4)11(24-25(21,22)14(15,16)17)9-8(2)6-7-18(3)12(9)19/h6-7H,5H2,1-4H3/q+1. The summed E-state index contributed by atoms with van der Waals surface area (Å²) in [6.45, 7) is 3.39. The van der Waals surface area contributed by atoms with Crippen LogP contribution in [0.1, 0.15) is 23.0 Å². The van der Waals surface area contributed by atoms with Gasteiger partial charge in [-0.15, -0.1) is 0 Å². The number of rotatable bonds is 4. The predicted molar refractivity (Wildman–Crippen MR) is 80.5 cm³/mol. The molecule has 0 radical (unpaired) electrons. The van der Waals surface area contributed by atoms with Crippen molar-refractivity contribution in [3.05, 3.63) is 23.5 Å². The zero-order valence-corrected chi connectivity index (χ0v) is 14.7. The number of esters is 1. The van der Waals surface area contributed by atoms with Gasteiger partial charge in [-0.3, -0.25) is 0 Å². The number of fused-ring (bicyclic) bond motifs is 1. The van der Waals surface area contributed by atoms with Crippen molar-refractivity contribution in [3.63, 3.8) is 0 Å². The fourth-order valence-electron chi connectivity index (χ4n) is 2.53. The smallest absolute Gasteiger partial charge is 0.463 e. The van der Waals surface area contributed by atoms with E-state index in [0.717, 1.165) is 7.11 Å². The minimum absolute atomic E-state index is 0.0834. The molecule has 2 aromatic heterocycles. The summed E-state index contributed by atoms with van der Waals surface area (Å²) in [5.74, 6) is -1.71. The fraction of sp³-hybridized carbons (Fsp3) is 0.429. The Balaban J connectivity index is 2.95. The molecule has 0 aromatic carbocycles. The van der Waals surface area contributed by atoms with Crippen LogP contribution in [0.4, 0.5) is 13.2 Å². The molecule has 0 unspecified atom stereocenters. The molecule has 0 amide bonds. The molecule has 0 aliphatic heterocycles. The number of halogens is 3. The van der Waals surface area contributed by atoms with Crippen LogP contribution < -0.4 is 8.75 Å². The van der Waals surface area contributed by atoms with E-state index in [1.54, 1.807) is 37.7 Å². The fourth-order valence-corrected chi connectivity index (χ4v) is 3.00. The maximum Gasteiger partial charge on any atom is 0.534 e. The minimum Gasteiger partial charge on any atom is -0.463 e. The van der Waals surface area contributed by atoms with E-state index < -0.39 is 33.0 Å². The van der Waals surface area contributed by atoms with E-state index in [4.69, 9.17) is 0 Å². The second-order valence-corrected chi connectivity index (χ2v) is 6.74. The number of aromatic nitrogens is 2. The van der Waals surface area contributed by atoms with E-state index in [2.05, 4.69) is 8.92 Å². The molecule has 0 aliphatic rings. The lowest BCUT2D eigenvalue weighted by Crippen LogP contribution is -2.31. The number of methoxy groups -OCH3 is 1. The molecule has 7 nitrogen and oxygen atoms in total. The van der Waals surface area contributed by atoms with Crippen molar-refractivity contribution in [3.8, 4) is 5.75 Å². The number of aryl methyl sites for hydroxylation is 3. The highest BCUT2D eigenvalue weighted by atomic mass is 32.2. The number of carbonyl (C=O) groups is 1. The number of carbonyl (C=O) groups excluding carboxylic acids is 1. The van der Waals surface area contributed by atoms with E-state index in [0.29, 0.717) is 11.2 Å². The first kappa shape index (κ1) is 19.0. The number of ether oxygens (including phenoxy) is 1. The second kappa shape index (κ2) is 6.21. The summed E-state index contributed by atoms with van der Waals surface area (Å²) >= 11 is 0. The number of nitrogens with zero attached hydrogens (tertiary/aromatic N) is 2. The van der Waals surface area contributed by atoms with Crippen molar-refractivity contribution in [2.75, 3.05) is 7.11 Å². The van der Waals surface area contributed by atoms with Crippen molar-refractivity contribution >= 4 is 27.1 Å². The molecule has 2 aromatic rings. The second-order valence-electron chi connectivity index (χ2n) is 5.21. The molecule has 0 aliphatic carbocycles. The quantitative estimate of drug-likeness (QED) is 0.349. The predicted octanol–water partition coefficient (Wildman–Crippen LogP) is 1.81. The van der Waals surface area contributed by atoms with Crippen LogP contribution in [0.15, 0.2) is 12.3 Å². The van der Waals surface area contributed by atoms with Gasteiger partial charge in [-0.2, -0.15) is 21.6 Å². The minimum atomic E-state index is -5.96. The van der Waals surface area contributed by atoms with Gasteiger partial charge in [-0.25, -0.2) is 13.9 Å². The Morgan fingerprint density at radius 1 is 1.36 bits per heavy atom. The van der Waals surface area contributed by atoms with Crippen LogP contribution in [0.5, 0.6) is 5.75 Å². The third-order valence-corrected chi connectivity index (χ3v) is 4.59. The van der Waals surface area contributed by atoms with Crippen molar-refractivity contribution in [2.24, 2.45) is 7.05 Å². The van der Waals surface area contributed by atoms with Crippen LogP contribution in [0.25, 0.3) is 11.0 Å². The summed E-state index contributed by atoms with van der Waals surface area (Å²) in [5, 5.41) is 0.0834. The van der Waals surface area contributed by atoms with Gasteiger partial charge in [0, 0.05) is 0 Å². The molecule has 138 valence electrons.